The van der Waals surface area contributed by atoms with Crippen molar-refractivity contribution in [2.24, 2.45) is 0 Å². The predicted octanol–water partition coefficient (Wildman–Crippen LogP) is 3.04. The zero-order valence-corrected chi connectivity index (χ0v) is 15.1. The molecule has 1 atom stereocenters. The highest BCUT2D eigenvalue weighted by molar-refractivity contribution is 5.65. The van der Waals surface area contributed by atoms with Crippen LogP contribution in [0.15, 0.2) is 71.8 Å². The molecule has 0 saturated carbocycles. The van der Waals surface area contributed by atoms with Gasteiger partial charge in [0, 0.05) is 18.0 Å². The molecule has 28 heavy (non-hydrogen) atoms. The van der Waals surface area contributed by atoms with Gasteiger partial charge in [-0.05, 0) is 48.0 Å². The molecule has 0 amide bonds. The van der Waals surface area contributed by atoms with Crippen molar-refractivity contribution in [2.75, 3.05) is 7.11 Å². The monoisotopic (exact) mass is 379 g/mol. The van der Waals surface area contributed by atoms with Gasteiger partial charge in [-0.3, -0.25) is 4.79 Å². The Morgan fingerprint density at radius 1 is 1.14 bits per heavy atom. The highest BCUT2D eigenvalue weighted by atomic mass is 19.1. The van der Waals surface area contributed by atoms with E-state index in [1.54, 1.807) is 62.0 Å². The molecule has 4 aromatic rings. The van der Waals surface area contributed by atoms with E-state index in [-0.39, 0.29) is 17.9 Å². The molecule has 0 aliphatic heterocycles. The van der Waals surface area contributed by atoms with E-state index in [0.717, 1.165) is 0 Å². The summed E-state index contributed by atoms with van der Waals surface area (Å²) >= 11 is 0. The third kappa shape index (κ3) is 3.39. The number of aromatic nitrogens is 3. The lowest BCUT2D eigenvalue weighted by atomic mass is 10.1. The van der Waals surface area contributed by atoms with Crippen LogP contribution in [0.25, 0.3) is 16.8 Å². The first-order chi connectivity index (χ1) is 13.5. The number of methoxy groups -OCH3 is 1. The predicted molar refractivity (Wildman–Crippen MR) is 103 cm³/mol. The van der Waals surface area contributed by atoms with E-state index in [4.69, 9.17) is 4.74 Å². The number of halogens is 1. The molecular formula is C21H18FN3O3. The van der Waals surface area contributed by atoms with Crippen LogP contribution in [-0.2, 0) is 6.54 Å². The number of rotatable bonds is 5. The molecular weight excluding hydrogens is 361 g/mol. The van der Waals surface area contributed by atoms with E-state index in [9.17, 15) is 14.3 Å². The molecule has 142 valence electrons. The zero-order chi connectivity index (χ0) is 19.7. The van der Waals surface area contributed by atoms with Gasteiger partial charge < -0.3 is 14.4 Å². The molecule has 4 rings (SSSR count). The highest BCUT2D eigenvalue weighted by Crippen LogP contribution is 2.21. The van der Waals surface area contributed by atoms with Crippen molar-refractivity contribution >= 4 is 5.52 Å². The fourth-order valence-corrected chi connectivity index (χ4v) is 3.07. The maximum atomic E-state index is 13.1. The van der Waals surface area contributed by atoms with Crippen molar-refractivity contribution in [3.05, 3.63) is 88.7 Å². The standard InChI is InChI=1S/C21H18FN3O3/c1-28-17-4-2-3-15(11-17)20(26)13-24-9-10-25-19(21(24)27)12-18(23-25)14-5-7-16(22)8-6-14/h2-12,20,26H,13H2,1H3/t20-/m0/s1. The van der Waals surface area contributed by atoms with E-state index in [0.29, 0.717) is 28.1 Å². The molecule has 2 aromatic heterocycles. The minimum atomic E-state index is -0.866. The van der Waals surface area contributed by atoms with Gasteiger partial charge in [0.15, 0.2) is 0 Å². The molecule has 0 unspecified atom stereocenters. The van der Waals surface area contributed by atoms with Crippen LogP contribution < -0.4 is 10.3 Å². The highest BCUT2D eigenvalue weighted by Gasteiger charge is 2.13. The summed E-state index contributed by atoms with van der Waals surface area (Å²) in [5.74, 6) is 0.306. The van der Waals surface area contributed by atoms with Crippen molar-refractivity contribution in [3.63, 3.8) is 0 Å². The van der Waals surface area contributed by atoms with Crippen molar-refractivity contribution in [1.82, 2.24) is 14.2 Å². The first kappa shape index (κ1) is 17.9. The SMILES string of the molecule is COc1cccc([C@@H](O)Cn2ccn3nc(-c4ccc(F)cc4)cc3c2=O)c1. The van der Waals surface area contributed by atoms with Gasteiger partial charge in [-0.15, -0.1) is 0 Å². The summed E-state index contributed by atoms with van der Waals surface area (Å²) in [5.41, 5.74) is 2.05. The number of benzene rings is 2. The Morgan fingerprint density at radius 2 is 1.93 bits per heavy atom. The first-order valence-corrected chi connectivity index (χ1v) is 8.72. The third-order valence-electron chi connectivity index (χ3n) is 4.59. The van der Waals surface area contributed by atoms with Crippen molar-refractivity contribution in [1.29, 1.82) is 0 Å². The van der Waals surface area contributed by atoms with Gasteiger partial charge >= 0.3 is 0 Å². The zero-order valence-electron chi connectivity index (χ0n) is 15.1. The van der Waals surface area contributed by atoms with Crippen LogP contribution in [-0.4, -0.2) is 26.4 Å². The lowest BCUT2D eigenvalue weighted by Crippen LogP contribution is -2.24. The maximum absolute atomic E-state index is 13.1. The van der Waals surface area contributed by atoms with Crippen LogP contribution in [0.2, 0.25) is 0 Å². The summed E-state index contributed by atoms with van der Waals surface area (Å²) in [7, 11) is 1.56. The fraction of sp³-hybridized carbons (Fsp3) is 0.143. The molecule has 2 heterocycles. The average molecular weight is 379 g/mol. The number of ether oxygens (including phenoxy) is 1. The largest absolute Gasteiger partial charge is 0.497 e. The molecule has 0 saturated heterocycles. The van der Waals surface area contributed by atoms with E-state index in [2.05, 4.69) is 5.10 Å². The number of hydrogen-bond acceptors (Lipinski definition) is 4. The van der Waals surface area contributed by atoms with Crippen LogP contribution in [0.4, 0.5) is 4.39 Å². The molecule has 7 heteroatoms. The Bertz CT molecular complexity index is 1180. The second kappa shape index (κ2) is 7.28. The fourth-order valence-electron chi connectivity index (χ4n) is 3.07. The average Bonchev–Trinajstić information content (AvgIpc) is 3.16. The van der Waals surface area contributed by atoms with Gasteiger partial charge in [0.25, 0.3) is 5.56 Å². The van der Waals surface area contributed by atoms with Gasteiger partial charge in [-0.2, -0.15) is 5.10 Å². The van der Waals surface area contributed by atoms with E-state index >= 15 is 0 Å². The smallest absolute Gasteiger partial charge is 0.276 e. The van der Waals surface area contributed by atoms with Gasteiger partial charge in [0.05, 0.1) is 25.5 Å². The Balaban J connectivity index is 1.65. The van der Waals surface area contributed by atoms with E-state index < -0.39 is 6.10 Å². The summed E-state index contributed by atoms with van der Waals surface area (Å²) in [5, 5.41) is 14.9. The molecule has 0 spiro atoms. The Kier molecular flexibility index (Phi) is 4.67. The topological polar surface area (TPSA) is 68.8 Å². The van der Waals surface area contributed by atoms with Crippen LogP contribution in [0.5, 0.6) is 5.75 Å². The molecule has 0 radical (unpaired) electrons. The molecule has 0 aliphatic rings. The third-order valence-corrected chi connectivity index (χ3v) is 4.59. The van der Waals surface area contributed by atoms with Crippen molar-refractivity contribution in [3.8, 4) is 17.0 Å². The lowest BCUT2D eigenvalue weighted by molar-refractivity contribution is 0.155. The molecule has 0 aliphatic carbocycles. The summed E-state index contributed by atoms with van der Waals surface area (Å²) in [6.07, 6.45) is 2.37. The second-order valence-electron chi connectivity index (χ2n) is 6.41. The number of hydrogen-bond donors (Lipinski definition) is 1. The van der Waals surface area contributed by atoms with E-state index in [1.165, 1.54) is 21.2 Å². The summed E-state index contributed by atoms with van der Waals surface area (Å²) in [6.45, 7) is 0.0968. The van der Waals surface area contributed by atoms with Gasteiger partial charge in [-0.25, -0.2) is 8.91 Å². The lowest BCUT2D eigenvalue weighted by Gasteiger charge is -2.14. The number of nitrogens with zero attached hydrogens (tertiary/aromatic N) is 3. The number of fused-ring (bicyclic) bond motifs is 1. The summed E-state index contributed by atoms with van der Waals surface area (Å²) < 4.78 is 21.2. The molecule has 6 nitrogen and oxygen atoms in total. The molecule has 0 fully saturated rings. The first-order valence-electron chi connectivity index (χ1n) is 8.72. The number of aliphatic hydroxyl groups excluding tert-OH is 1. The summed E-state index contributed by atoms with van der Waals surface area (Å²) in [4.78, 5) is 12.8. The normalized spacial score (nSPS) is 12.2. The second-order valence-corrected chi connectivity index (χ2v) is 6.41. The minimum Gasteiger partial charge on any atom is -0.497 e. The van der Waals surface area contributed by atoms with Crippen LogP contribution in [0, 0.1) is 5.82 Å². The van der Waals surface area contributed by atoms with Gasteiger partial charge in [0.1, 0.15) is 17.1 Å². The van der Waals surface area contributed by atoms with Crippen LogP contribution in [0.1, 0.15) is 11.7 Å². The molecule has 2 aromatic carbocycles. The minimum absolute atomic E-state index is 0.0968. The summed E-state index contributed by atoms with van der Waals surface area (Å²) in [6, 6.07) is 14.7. The number of aliphatic hydroxyl groups is 1. The molecule has 0 bridgehead atoms. The quantitative estimate of drug-likeness (QED) is 0.579. The molecule has 1 N–H and O–H groups in total. The van der Waals surface area contributed by atoms with Crippen LogP contribution >= 0.6 is 0 Å². The van der Waals surface area contributed by atoms with E-state index in [1.807, 2.05) is 0 Å². The van der Waals surface area contributed by atoms with Gasteiger partial charge in [-0.1, -0.05) is 12.1 Å². The van der Waals surface area contributed by atoms with Crippen molar-refractivity contribution in [2.45, 2.75) is 12.6 Å². The maximum Gasteiger partial charge on any atom is 0.276 e. The van der Waals surface area contributed by atoms with Gasteiger partial charge in [0.2, 0.25) is 0 Å². The van der Waals surface area contributed by atoms with Crippen LogP contribution in [0.3, 0.4) is 0 Å². The Morgan fingerprint density at radius 3 is 2.68 bits per heavy atom. The van der Waals surface area contributed by atoms with Crippen molar-refractivity contribution < 1.29 is 14.2 Å². The Labute approximate surface area is 160 Å². The Hall–Kier alpha value is -3.45.